The normalized spacial score (nSPS) is 10.9. The molecule has 0 amide bonds. The van der Waals surface area contributed by atoms with E-state index in [1.165, 1.54) is 241 Å². The first-order chi connectivity index (χ1) is 53.3. The van der Waals surface area contributed by atoms with E-state index in [0.29, 0.717) is 0 Å². The Balaban J connectivity index is 0.000000128. The van der Waals surface area contributed by atoms with Crippen LogP contribution < -0.4 is 0 Å². The molecule has 18 aromatic carbocycles. The average molecular weight is 1460 g/mol. The molecule has 112 heavy (non-hydrogen) atoms. The van der Waals surface area contributed by atoms with Gasteiger partial charge >= 0.3 is 0 Å². The molecule has 0 heterocycles. The molecule has 0 nitrogen and oxygen atoms in total. The molecule has 0 unspecified atom stereocenters. The summed E-state index contributed by atoms with van der Waals surface area (Å²) < 4.78 is 0. The zero-order chi connectivity index (χ0) is 80.5. The van der Waals surface area contributed by atoms with Crippen LogP contribution in [0.4, 0.5) is 0 Å². The molecule has 0 saturated heterocycles. The summed E-state index contributed by atoms with van der Waals surface area (Å²) in [4.78, 5) is 0. The van der Waals surface area contributed by atoms with Crippen molar-refractivity contribution in [3.05, 3.63) is 400 Å². The van der Waals surface area contributed by atoms with Gasteiger partial charge in [-0.2, -0.15) is 0 Å². The van der Waals surface area contributed by atoms with Crippen LogP contribution in [0.25, 0.3) is 108 Å². The fourth-order valence-corrected chi connectivity index (χ4v) is 15.9. The van der Waals surface area contributed by atoms with E-state index in [9.17, 15) is 0 Å². The van der Waals surface area contributed by atoms with Crippen molar-refractivity contribution in [2.75, 3.05) is 0 Å². The molecule has 0 aliphatic heterocycles. The van der Waals surface area contributed by atoms with Crippen molar-refractivity contribution < 1.29 is 0 Å². The first-order valence-electron chi connectivity index (χ1n) is 40.0. The average Bonchev–Trinajstić information content (AvgIpc) is 0.849. The van der Waals surface area contributed by atoms with Gasteiger partial charge in [0, 0.05) is 0 Å². The molecule has 0 bridgehead atoms. The van der Waals surface area contributed by atoms with Gasteiger partial charge in [-0.15, -0.1) is 0 Å². The summed E-state index contributed by atoms with van der Waals surface area (Å²) in [6.07, 6.45) is 0. The lowest BCUT2D eigenvalue weighted by Gasteiger charge is -2.09. The third kappa shape index (κ3) is 20.2. The van der Waals surface area contributed by atoms with Crippen LogP contribution in [0.1, 0.15) is 134 Å². The van der Waals surface area contributed by atoms with Gasteiger partial charge in [-0.25, -0.2) is 0 Å². The standard InChI is InChI=1S/4C17H16.2C13H14.2C9H12/c1-11-5-7-16-13(3)17-9-12(2)4-6-14(17)10-15(16)8-11;1-11-4-6-14-10-17-13(3)12(2)5-7-15(17)9-16(14)8-11;1-11-4-6-16-13(3)17-7-5-12(2)9-15(17)10-14(16)8-11;1-11-4-5-14-10-17-13(3)6-12(2)8-16(17)9-15(14)7-11;1-9-4-7-13-11(3)10(2)5-6-12(13)8-9;1-9-4-5-13-11(3)6-10(2)8-12(13)7-9;1-7-4-8(2)6-9(3)5-7;1-7-4-5-8(2)9(3)6-7/h4*4-10H,1-3H3;2*4-8H,1-3H3;2*4-6H,1-3H3. The zero-order valence-electron chi connectivity index (χ0n) is 71.4. The van der Waals surface area contributed by atoms with Crippen molar-refractivity contribution in [3.8, 4) is 0 Å². The maximum absolute atomic E-state index is 2.31. The number of hydrogen-bond acceptors (Lipinski definition) is 0. The van der Waals surface area contributed by atoms with E-state index in [0.717, 1.165) is 0 Å². The highest BCUT2D eigenvalue weighted by atomic mass is 14.1. The summed E-state index contributed by atoms with van der Waals surface area (Å²) in [5.74, 6) is 0. The summed E-state index contributed by atoms with van der Waals surface area (Å²) in [7, 11) is 0. The van der Waals surface area contributed by atoms with Gasteiger partial charge in [0.05, 0.1) is 0 Å². The first kappa shape index (κ1) is 81.5. The Morgan fingerprint density at radius 1 is 0.0982 bits per heavy atom. The molecular formula is C112H116. The molecule has 0 aliphatic carbocycles. The molecule has 0 atom stereocenters. The minimum Gasteiger partial charge on any atom is -0.0590 e. The number of benzene rings is 18. The van der Waals surface area contributed by atoms with Gasteiger partial charge in [0.1, 0.15) is 0 Å². The van der Waals surface area contributed by atoms with Crippen LogP contribution in [-0.4, -0.2) is 0 Å². The highest BCUT2D eigenvalue weighted by Gasteiger charge is 2.09. The molecular weight excluding hydrogens is 1350 g/mol. The van der Waals surface area contributed by atoms with E-state index in [4.69, 9.17) is 0 Å². The minimum atomic E-state index is 1.32. The van der Waals surface area contributed by atoms with E-state index in [1.54, 1.807) is 0 Å². The Morgan fingerprint density at radius 3 is 0.768 bits per heavy atom. The molecule has 0 radical (unpaired) electrons. The Morgan fingerprint density at radius 2 is 0.330 bits per heavy atom. The fraction of sp³-hybridized carbons (Fsp3) is 0.214. The summed E-state index contributed by atoms with van der Waals surface area (Å²) >= 11 is 0. The fourth-order valence-electron chi connectivity index (χ4n) is 15.9. The second-order valence-corrected chi connectivity index (χ2v) is 32.6. The SMILES string of the molecule is Cc1cc(C)cc(C)c1.Cc1ccc(C)c(C)c1.Cc1ccc2c(C)c(C)ccc2c1.Cc1ccc2c(C)c3cc(C)ccc3cc2c1.Cc1ccc2c(C)c3ccc(C)cc3cc2c1.Cc1ccc2c(C)cc(C)cc2c1.Cc1ccc2cc3c(C)c(C)ccc3cc2c1.Cc1ccc2cc3c(C)cc(C)cc3cc2c1. The van der Waals surface area contributed by atoms with Crippen molar-refractivity contribution in [3.63, 3.8) is 0 Å². The van der Waals surface area contributed by atoms with Crippen LogP contribution in [0, 0.1) is 166 Å². The Hall–Kier alpha value is -11.4. The zero-order valence-corrected chi connectivity index (χ0v) is 71.4. The van der Waals surface area contributed by atoms with Gasteiger partial charge in [0.2, 0.25) is 0 Å². The molecule has 0 aliphatic rings. The molecule has 0 N–H and O–H groups in total. The lowest BCUT2D eigenvalue weighted by molar-refractivity contribution is 1.30. The van der Waals surface area contributed by atoms with Gasteiger partial charge in [-0.3, -0.25) is 0 Å². The van der Waals surface area contributed by atoms with Crippen molar-refractivity contribution in [2.45, 2.75) is 166 Å². The van der Waals surface area contributed by atoms with Crippen LogP contribution in [0.2, 0.25) is 0 Å². The third-order valence-corrected chi connectivity index (χ3v) is 22.4. The number of hydrogen-bond donors (Lipinski definition) is 0. The predicted molar refractivity (Wildman–Crippen MR) is 500 cm³/mol. The molecule has 0 fully saturated rings. The molecule has 0 aromatic heterocycles. The van der Waals surface area contributed by atoms with E-state index >= 15 is 0 Å². The van der Waals surface area contributed by atoms with Crippen LogP contribution in [0.3, 0.4) is 0 Å². The lowest BCUT2D eigenvalue weighted by Crippen LogP contribution is -1.85. The molecule has 564 valence electrons. The van der Waals surface area contributed by atoms with Crippen LogP contribution in [0.5, 0.6) is 0 Å². The van der Waals surface area contributed by atoms with Crippen molar-refractivity contribution in [1.82, 2.24) is 0 Å². The summed E-state index contributed by atoms with van der Waals surface area (Å²) in [6, 6.07) is 98.0. The van der Waals surface area contributed by atoms with Crippen molar-refractivity contribution >= 4 is 108 Å². The topological polar surface area (TPSA) is 0 Å². The summed E-state index contributed by atoms with van der Waals surface area (Å²) in [5, 5.41) is 27.1. The van der Waals surface area contributed by atoms with Gasteiger partial charge in [-0.05, 0) is 366 Å². The summed E-state index contributed by atoms with van der Waals surface area (Å²) in [5.41, 5.74) is 32.5. The molecule has 0 heteroatoms. The molecule has 0 saturated carbocycles. The highest BCUT2D eigenvalue weighted by molar-refractivity contribution is 6.05. The molecule has 18 rings (SSSR count). The Labute approximate surface area is 669 Å². The number of fused-ring (bicyclic) bond motifs is 10. The quantitative estimate of drug-likeness (QED) is 0.133. The van der Waals surface area contributed by atoms with Gasteiger partial charge < -0.3 is 0 Å². The first-order valence-corrected chi connectivity index (χ1v) is 40.0. The second kappa shape index (κ2) is 35.7. The van der Waals surface area contributed by atoms with Gasteiger partial charge in [0.25, 0.3) is 0 Å². The minimum absolute atomic E-state index is 1.32. The van der Waals surface area contributed by atoms with E-state index < -0.39 is 0 Å². The largest absolute Gasteiger partial charge is 0.0590 e. The van der Waals surface area contributed by atoms with E-state index in [-0.39, 0.29) is 0 Å². The number of rotatable bonds is 0. The predicted octanol–water partition coefficient (Wildman–Crippen LogP) is 32.4. The number of aryl methyl sites for hydroxylation is 24. The maximum Gasteiger partial charge on any atom is -0.0146 e. The Bertz CT molecular complexity index is 6370. The van der Waals surface area contributed by atoms with Crippen LogP contribution in [-0.2, 0) is 0 Å². The van der Waals surface area contributed by atoms with E-state index in [2.05, 4.69) is 433 Å². The smallest absolute Gasteiger partial charge is 0.0146 e. The highest BCUT2D eigenvalue weighted by Crippen LogP contribution is 2.34. The maximum atomic E-state index is 2.31. The van der Waals surface area contributed by atoms with E-state index in [1.807, 2.05) is 0 Å². The van der Waals surface area contributed by atoms with Crippen LogP contribution >= 0.6 is 0 Å². The summed E-state index contributed by atoms with van der Waals surface area (Å²) in [6.45, 7) is 51.8. The second-order valence-electron chi connectivity index (χ2n) is 32.6. The lowest BCUT2D eigenvalue weighted by atomic mass is 9.96. The van der Waals surface area contributed by atoms with Crippen LogP contribution in [0.15, 0.2) is 267 Å². The monoisotopic (exact) mass is 1460 g/mol. The van der Waals surface area contributed by atoms with Gasteiger partial charge in [0.15, 0.2) is 0 Å². The molecule has 0 spiro atoms. The van der Waals surface area contributed by atoms with Crippen molar-refractivity contribution in [1.29, 1.82) is 0 Å². The Kier molecular flexibility index (Phi) is 26.0. The molecule has 18 aromatic rings. The van der Waals surface area contributed by atoms with Gasteiger partial charge in [-0.1, -0.05) is 308 Å². The third-order valence-electron chi connectivity index (χ3n) is 22.4. The van der Waals surface area contributed by atoms with Crippen molar-refractivity contribution in [2.24, 2.45) is 0 Å².